The molecular weight excluding hydrogens is 489 g/mol. The predicted octanol–water partition coefficient (Wildman–Crippen LogP) is 6.72. The van der Waals surface area contributed by atoms with Crippen LogP contribution in [0.4, 0.5) is 9.18 Å². The van der Waals surface area contributed by atoms with Crippen molar-refractivity contribution >= 4 is 24.9 Å². The number of amides is 1. The summed E-state index contributed by atoms with van der Waals surface area (Å²) < 4.78 is 31.6. The van der Waals surface area contributed by atoms with Crippen LogP contribution in [0, 0.1) is 5.82 Å². The van der Waals surface area contributed by atoms with Crippen molar-refractivity contribution < 1.29 is 28.5 Å². The molecule has 0 bridgehead atoms. The monoisotopic (exact) mass is 525 g/mol. The highest BCUT2D eigenvalue weighted by Gasteiger charge is 2.33. The summed E-state index contributed by atoms with van der Waals surface area (Å²) in [5.74, 6) is 0.417. The fraction of sp³-hybridized carbons (Fsp3) is 0.414. The average Bonchev–Trinajstić information content (AvgIpc) is 2.87. The third kappa shape index (κ3) is 7.53. The van der Waals surface area contributed by atoms with E-state index >= 15 is 0 Å². The van der Waals surface area contributed by atoms with Crippen molar-refractivity contribution in [3.63, 3.8) is 0 Å². The van der Waals surface area contributed by atoms with Gasteiger partial charge < -0.3 is 24.2 Å². The van der Waals surface area contributed by atoms with Gasteiger partial charge in [0.1, 0.15) is 11.6 Å². The van der Waals surface area contributed by atoms with Crippen molar-refractivity contribution in [1.82, 2.24) is 4.90 Å². The van der Waals surface area contributed by atoms with Crippen LogP contribution in [-0.4, -0.2) is 56.8 Å². The number of fused-ring (bicyclic) bond motifs is 1. The van der Waals surface area contributed by atoms with Crippen LogP contribution in [-0.2, 0) is 16.1 Å². The molecule has 2 unspecified atom stereocenters. The molecule has 1 fully saturated rings. The number of carbonyl (C=O) groups is 1. The second kappa shape index (κ2) is 12.1. The molecule has 1 heterocycles. The Balaban J connectivity index is 1.48. The number of ether oxygens (including phenoxy) is 3. The van der Waals surface area contributed by atoms with Gasteiger partial charge in [0.15, 0.2) is 6.79 Å². The van der Waals surface area contributed by atoms with E-state index in [2.05, 4.69) is 25.7 Å². The Morgan fingerprint density at radius 3 is 2.59 bits per heavy atom. The Kier molecular flexibility index (Phi) is 8.84. The van der Waals surface area contributed by atoms with Crippen molar-refractivity contribution in [1.29, 1.82) is 0 Å². The molecule has 2 atom stereocenters. The highest BCUT2D eigenvalue weighted by Crippen LogP contribution is 2.33. The molecule has 1 amide bonds. The van der Waals surface area contributed by atoms with Gasteiger partial charge in [0, 0.05) is 32.5 Å². The van der Waals surface area contributed by atoms with E-state index < -0.39 is 14.2 Å². The molecule has 3 aromatic carbocycles. The van der Waals surface area contributed by atoms with Crippen LogP contribution < -0.4 is 4.74 Å². The first kappa shape index (κ1) is 27.1. The molecule has 4 rings (SSSR count). The molecule has 0 aromatic heterocycles. The maximum Gasteiger partial charge on any atom is 0.407 e. The molecule has 1 aliphatic rings. The Labute approximate surface area is 219 Å². The topological polar surface area (TPSA) is 68.2 Å². The molecule has 0 radical (unpaired) electrons. The van der Waals surface area contributed by atoms with E-state index in [0.29, 0.717) is 26.2 Å². The molecule has 1 aliphatic heterocycles. The van der Waals surface area contributed by atoms with Crippen LogP contribution in [0.25, 0.3) is 10.8 Å². The number of hydrogen-bond acceptors (Lipinski definition) is 4. The third-order valence-electron chi connectivity index (χ3n) is 6.77. The molecule has 1 saturated heterocycles. The zero-order valence-electron chi connectivity index (χ0n) is 21.8. The lowest BCUT2D eigenvalue weighted by atomic mass is 9.87. The molecular formula is C29H36FNO5Si. The normalized spacial score (nSPS) is 18.2. The number of piperidine rings is 1. The van der Waals surface area contributed by atoms with E-state index in [4.69, 9.17) is 14.2 Å². The summed E-state index contributed by atoms with van der Waals surface area (Å²) in [5, 5.41) is 11.6. The van der Waals surface area contributed by atoms with E-state index in [1.54, 1.807) is 12.1 Å². The van der Waals surface area contributed by atoms with Crippen LogP contribution in [0.1, 0.15) is 23.5 Å². The van der Waals surface area contributed by atoms with E-state index in [9.17, 15) is 14.3 Å². The molecule has 0 aliphatic carbocycles. The van der Waals surface area contributed by atoms with Crippen LogP contribution >= 0.6 is 0 Å². The zero-order chi connectivity index (χ0) is 26.4. The minimum Gasteiger partial charge on any atom is -0.467 e. The molecule has 3 aromatic rings. The van der Waals surface area contributed by atoms with Gasteiger partial charge in [-0.25, -0.2) is 9.18 Å². The van der Waals surface area contributed by atoms with Crippen molar-refractivity contribution in [3.8, 4) is 5.75 Å². The Hall–Kier alpha value is -2.94. The highest BCUT2D eigenvalue weighted by atomic mass is 28.3. The lowest BCUT2D eigenvalue weighted by molar-refractivity contribution is -0.0201. The number of nitrogens with zero attached hydrogens (tertiary/aromatic N) is 1. The van der Waals surface area contributed by atoms with Gasteiger partial charge in [-0.15, -0.1) is 0 Å². The number of rotatable bonds is 10. The van der Waals surface area contributed by atoms with Crippen LogP contribution in [0.15, 0.2) is 60.7 Å². The summed E-state index contributed by atoms with van der Waals surface area (Å²) in [6.45, 7) is 8.80. The van der Waals surface area contributed by atoms with Gasteiger partial charge in [0.05, 0.1) is 19.3 Å². The number of likely N-dealkylation sites (tertiary alicyclic amines) is 1. The fourth-order valence-corrected chi connectivity index (χ4v) is 5.39. The first-order valence-electron chi connectivity index (χ1n) is 12.8. The number of halogens is 1. The van der Waals surface area contributed by atoms with Crippen molar-refractivity contribution in [2.75, 3.05) is 26.5 Å². The highest BCUT2D eigenvalue weighted by molar-refractivity contribution is 6.76. The second-order valence-corrected chi connectivity index (χ2v) is 16.4. The van der Waals surface area contributed by atoms with Gasteiger partial charge in [0.2, 0.25) is 0 Å². The fourth-order valence-electron chi connectivity index (χ4n) is 4.63. The quantitative estimate of drug-likeness (QED) is 0.181. The van der Waals surface area contributed by atoms with Gasteiger partial charge in [0.25, 0.3) is 0 Å². The molecule has 1 N–H and O–H groups in total. The summed E-state index contributed by atoms with van der Waals surface area (Å²) in [4.78, 5) is 13.0. The predicted molar refractivity (Wildman–Crippen MR) is 145 cm³/mol. The average molecular weight is 526 g/mol. The molecule has 0 saturated carbocycles. The van der Waals surface area contributed by atoms with E-state index in [1.165, 1.54) is 17.0 Å². The standard InChI is InChI=1S/C29H36FNO5Si/c1-37(2,3)15-14-34-20-36-27-17-21(16-23-6-4-5-7-25(23)27)19-35-28-18-31(29(32)33)13-12-26(28)22-8-10-24(30)11-9-22/h4-11,16-17,26,28H,12-15,18-20H2,1-3H3,(H,32,33). The van der Waals surface area contributed by atoms with Crippen LogP contribution in [0.3, 0.4) is 0 Å². The summed E-state index contributed by atoms with van der Waals surface area (Å²) >= 11 is 0. The lowest BCUT2D eigenvalue weighted by Gasteiger charge is -2.37. The van der Waals surface area contributed by atoms with Gasteiger partial charge in [-0.2, -0.15) is 0 Å². The second-order valence-electron chi connectivity index (χ2n) is 10.8. The minimum atomic E-state index is -1.17. The number of carboxylic acid groups (broad SMARTS) is 1. The number of hydrogen-bond donors (Lipinski definition) is 1. The van der Waals surface area contributed by atoms with Gasteiger partial charge >= 0.3 is 6.09 Å². The van der Waals surface area contributed by atoms with Crippen molar-refractivity contribution in [2.45, 2.75) is 50.7 Å². The maximum absolute atomic E-state index is 13.5. The molecule has 6 nitrogen and oxygen atoms in total. The molecule has 198 valence electrons. The van der Waals surface area contributed by atoms with Crippen LogP contribution in [0.5, 0.6) is 5.75 Å². The first-order chi connectivity index (χ1) is 17.7. The van der Waals surface area contributed by atoms with Crippen LogP contribution in [0.2, 0.25) is 25.7 Å². The van der Waals surface area contributed by atoms with Gasteiger partial charge in [-0.1, -0.05) is 56.0 Å². The Bertz CT molecular complexity index is 1200. The van der Waals surface area contributed by atoms with E-state index in [0.717, 1.165) is 33.7 Å². The Morgan fingerprint density at radius 2 is 1.86 bits per heavy atom. The Morgan fingerprint density at radius 1 is 1.11 bits per heavy atom. The van der Waals surface area contributed by atoms with Gasteiger partial charge in [-0.05, 0) is 53.2 Å². The smallest absolute Gasteiger partial charge is 0.407 e. The zero-order valence-corrected chi connectivity index (χ0v) is 22.8. The summed E-state index contributed by atoms with van der Waals surface area (Å²) in [7, 11) is -1.17. The first-order valence-corrected chi connectivity index (χ1v) is 16.5. The largest absolute Gasteiger partial charge is 0.467 e. The molecule has 8 heteroatoms. The third-order valence-corrected chi connectivity index (χ3v) is 8.47. The maximum atomic E-state index is 13.5. The van der Waals surface area contributed by atoms with Gasteiger partial charge in [-0.3, -0.25) is 0 Å². The summed E-state index contributed by atoms with van der Waals surface area (Å²) in [6, 6.07) is 19.5. The van der Waals surface area contributed by atoms with Crippen molar-refractivity contribution in [2.24, 2.45) is 0 Å². The summed E-state index contributed by atoms with van der Waals surface area (Å²) in [6.07, 6.45) is -0.693. The minimum absolute atomic E-state index is 0.0212. The van der Waals surface area contributed by atoms with E-state index in [1.807, 2.05) is 30.3 Å². The van der Waals surface area contributed by atoms with Crippen molar-refractivity contribution in [3.05, 3.63) is 77.6 Å². The summed E-state index contributed by atoms with van der Waals surface area (Å²) in [5.41, 5.74) is 1.88. The number of benzene rings is 3. The SMILES string of the molecule is C[Si](C)(C)CCOCOc1cc(COC2CN(C(=O)O)CCC2c2ccc(F)cc2)cc2ccccc12. The molecule has 0 spiro atoms. The lowest BCUT2D eigenvalue weighted by Crippen LogP contribution is -2.46. The van der Waals surface area contributed by atoms with E-state index in [-0.39, 0.29) is 31.2 Å². The molecule has 37 heavy (non-hydrogen) atoms.